The lowest BCUT2D eigenvalue weighted by atomic mass is 10.0. The summed E-state index contributed by atoms with van der Waals surface area (Å²) in [5, 5.41) is 6.88. The van der Waals surface area contributed by atoms with Crippen molar-refractivity contribution in [1.82, 2.24) is 29.6 Å². The van der Waals surface area contributed by atoms with Crippen LogP contribution in [0.3, 0.4) is 0 Å². The number of hydrogen-bond acceptors (Lipinski definition) is 4. The number of aromatic nitrogens is 5. The number of nitrogens with one attached hydrogen (secondary N) is 2. The number of imidazole rings is 1. The first kappa shape index (κ1) is 16.9. The lowest BCUT2D eigenvalue weighted by molar-refractivity contribution is -0.122. The van der Waals surface area contributed by atoms with Gasteiger partial charge in [-0.2, -0.15) is 5.10 Å². The van der Waals surface area contributed by atoms with Gasteiger partial charge in [-0.25, -0.2) is 14.5 Å². The number of aromatic amines is 1. The molecular weight excluding hydrogens is 320 g/mol. The van der Waals surface area contributed by atoms with Crippen LogP contribution in [0.15, 0.2) is 35.4 Å². The maximum Gasteiger partial charge on any atom is 0.345 e. The Morgan fingerprint density at radius 2 is 2.08 bits per heavy atom. The van der Waals surface area contributed by atoms with E-state index in [1.54, 1.807) is 7.05 Å². The Bertz CT molecular complexity index is 903. The quantitative estimate of drug-likeness (QED) is 0.707. The molecule has 1 aromatic carbocycles. The summed E-state index contributed by atoms with van der Waals surface area (Å²) in [6.07, 6.45) is 2.13. The van der Waals surface area contributed by atoms with Crippen molar-refractivity contribution in [2.24, 2.45) is 13.0 Å². The van der Waals surface area contributed by atoms with Crippen LogP contribution in [0.1, 0.15) is 32.1 Å². The van der Waals surface area contributed by atoms with Gasteiger partial charge >= 0.3 is 5.69 Å². The number of carbonyl (C=O) groups is 1. The Hall–Kier alpha value is -2.90. The third-order valence-electron chi connectivity index (χ3n) is 3.96. The van der Waals surface area contributed by atoms with E-state index >= 15 is 0 Å². The third-order valence-corrected chi connectivity index (χ3v) is 3.96. The Kier molecular flexibility index (Phi) is 4.69. The lowest BCUT2D eigenvalue weighted by Gasteiger charge is -2.18. The van der Waals surface area contributed by atoms with Gasteiger partial charge in [0.2, 0.25) is 5.91 Å². The van der Waals surface area contributed by atoms with E-state index in [-0.39, 0.29) is 24.2 Å². The highest BCUT2D eigenvalue weighted by Crippen LogP contribution is 2.21. The predicted molar refractivity (Wildman–Crippen MR) is 93.9 cm³/mol. The van der Waals surface area contributed by atoms with Gasteiger partial charge in [-0.05, 0) is 24.5 Å². The largest absolute Gasteiger partial charge is 0.345 e. The molecule has 0 saturated heterocycles. The molecule has 0 spiro atoms. The van der Waals surface area contributed by atoms with Gasteiger partial charge in [-0.3, -0.25) is 9.36 Å². The molecule has 8 nitrogen and oxygen atoms in total. The highest BCUT2D eigenvalue weighted by molar-refractivity contribution is 5.77. The zero-order valence-corrected chi connectivity index (χ0v) is 14.6. The Morgan fingerprint density at radius 3 is 2.72 bits per heavy atom. The second kappa shape index (κ2) is 6.92. The molecule has 8 heteroatoms. The fourth-order valence-electron chi connectivity index (χ4n) is 2.75. The van der Waals surface area contributed by atoms with Gasteiger partial charge in [-0.15, -0.1) is 0 Å². The highest BCUT2D eigenvalue weighted by Gasteiger charge is 2.20. The summed E-state index contributed by atoms with van der Waals surface area (Å²) in [6, 6.07) is 7.49. The number of fused-ring (bicyclic) bond motifs is 1. The monoisotopic (exact) mass is 342 g/mol. The number of carbonyl (C=O) groups excluding carboxylic acids is 1. The second-order valence-corrected chi connectivity index (χ2v) is 6.57. The summed E-state index contributed by atoms with van der Waals surface area (Å²) in [7, 11) is 1.60. The zero-order valence-electron chi connectivity index (χ0n) is 14.6. The Labute approximate surface area is 144 Å². The van der Waals surface area contributed by atoms with Gasteiger partial charge in [-0.1, -0.05) is 26.0 Å². The van der Waals surface area contributed by atoms with Crippen molar-refractivity contribution in [2.45, 2.75) is 32.9 Å². The molecule has 1 amide bonds. The molecule has 3 rings (SSSR count). The first-order valence-corrected chi connectivity index (χ1v) is 8.26. The minimum absolute atomic E-state index is 0.117. The van der Waals surface area contributed by atoms with Crippen molar-refractivity contribution < 1.29 is 4.79 Å². The number of aryl methyl sites for hydroxylation is 1. The van der Waals surface area contributed by atoms with Gasteiger partial charge in [0.1, 0.15) is 18.7 Å². The first-order chi connectivity index (χ1) is 11.9. The molecule has 0 aliphatic carbocycles. The van der Waals surface area contributed by atoms with Gasteiger partial charge in [0.05, 0.1) is 17.1 Å². The zero-order chi connectivity index (χ0) is 18.0. The summed E-state index contributed by atoms with van der Waals surface area (Å²) < 4.78 is 2.47. The Balaban J connectivity index is 1.79. The summed E-state index contributed by atoms with van der Waals surface area (Å²) in [6.45, 7) is 4.06. The average molecular weight is 342 g/mol. The summed E-state index contributed by atoms with van der Waals surface area (Å²) in [5.41, 5.74) is 1.47. The fraction of sp³-hybridized carbons (Fsp3) is 0.412. The lowest BCUT2D eigenvalue weighted by Crippen LogP contribution is -2.36. The van der Waals surface area contributed by atoms with E-state index in [1.807, 2.05) is 24.3 Å². The van der Waals surface area contributed by atoms with Gasteiger partial charge in [0, 0.05) is 7.05 Å². The molecule has 1 unspecified atom stereocenters. The van der Waals surface area contributed by atoms with Crippen molar-refractivity contribution in [3.63, 3.8) is 0 Å². The molecule has 132 valence electrons. The molecule has 0 bridgehead atoms. The van der Waals surface area contributed by atoms with Crippen LogP contribution in [0.25, 0.3) is 11.0 Å². The van der Waals surface area contributed by atoms with Crippen molar-refractivity contribution in [1.29, 1.82) is 0 Å². The normalized spacial score (nSPS) is 12.6. The van der Waals surface area contributed by atoms with E-state index in [0.717, 1.165) is 28.0 Å². The van der Waals surface area contributed by atoms with Crippen LogP contribution in [0, 0.1) is 5.92 Å². The van der Waals surface area contributed by atoms with E-state index in [1.165, 1.54) is 10.9 Å². The van der Waals surface area contributed by atoms with Gasteiger partial charge in [0.25, 0.3) is 0 Å². The topological polar surface area (TPSA) is 97.6 Å². The maximum atomic E-state index is 12.4. The van der Waals surface area contributed by atoms with Crippen LogP contribution in [0.4, 0.5) is 0 Å². The number of benzene rings is 1. The predicted octanol–water partition coefficient (Wildman–Crippen LogP) is 1.36. The smallest absolute Gasteiger partial charge is 0.345 e. The molecule has 2 N–H and O–H groups in total. The molecule has 3 aromatic rings. The summed E-state index contributed by atoms with van der Waals surface area (Å²) in [5.74, 6) is 0.819. The number of rotatable bonds is 6. The minimum Gasteiger partial charge on any atom is -0.345 e. The van der Waals surface area contributed by atoms with Crippen LogP contribution in [-0.4, -0.2) is 30.2 Å². The number of para-hydroxylation sites is 2. The Morgan fingerprint density at radius 1 is 1.32 bits per heavy atom. The van der Waals surface area contributed by atoms with Crippen molar-refractivity contribution in [3.8, 4) is 0 Å². The molecule has 25 heavy (non-hydrogen) atoms. The number of amides is 1. The van der Waals surface area contributed by atoms with E-state index in [4.69, 9.17) is 0 Å². The molecule has 0 saturated carbocycles. The molecular formula is C17H22N6O2. The molecule has 1 atom stereocenters. The SMILES string of the molecule is CC(C)CC(NC(=O)Cn1ncn(C)c1=O)c1nc2ccccc2[nH]1. The fourth-order valence-corrected chi connectivity index (χ4v) is 2.75. The minimum atomic E-state index is -0.320. The van der Waals surface area contributed by atoms with Crippen LogP contribution in [0.2, 0.25) is 0 Å². The van der Waals surface area contributed by atoms with Gasteiger partial charge in [0.15, 0.2) is 0 Å². The van der Waals surface area contributed by atoms with Crippen LogP contribution in [0.5, 0.6) is 0 Å². The van der Waals surface area contributed by atoms with Crippen molar-refractivity contribution in [3.05, 3.63) is 46.9 Å². The molecule has 0 aliphatic rings. The average Bonchev–Trinajstić information content (AvgIpc) is 3.12. The molecule has 2 aromatic heterocycles. The van der Waals surface area contributed by atoms with Crippen LogP contribution in [-0.2, 0) is 18.4 Å². The van der Waals surface area contributed by atoms with Gasteiger partial charge < -0.3 is 10.3 Å². The first-order valence-electron chi connectivity index (χ1n) is 8.26. The van der Waals surface area contributed by atoms with E-state index in [9.17, 15) is 9.59 Å². The van der Waals surface area contributed by atoms with Crippen LogP contribution >= 0.6 is 0 Å². The van der Waals surface area contributed by atoms with E-state index < -0.39 is 0 Å². The summed E-state index contributed by atoms with van der Waals surface area (Å²) in [4.78, 5) is 32.1. The molecule has 2 heterocycles. The van der Waals surface area contributed by atoms with E-state index in [2.05, 4.69) is 34.2 Å². The molecule has 0 aliphatic heterocycles. The second-order valence-electron chi connectivity index (χ2n) is 6.57. The summed E-state index contributed by atoms with van der Waals surface area (Å²) >= 11 is 0. The number of nitrogens with zero attached hydrogens (tertiary/aromatic N) is 4. The standard InChI is InChI=1S/C17H22N6O2/c1-11(2)8-14(16-20-12-6-4-5-7-13(12)21-16)19-15(24)9-23-17(25)22(3)10-18-23/h4-7,10-11,14H,8-9H2,1-3H3,(H,19,24)(H,20,21). The van der Waals surface area contributed by atoms with E-state index in [0.29, 0.717) is 5.92 Å². The molecule has 0 radical (unpaired) electrons. The maximum absolute atomic E-state index is 12.4. The van der Waals surface area contributed by atoms with Crippen LogP contribution < -0.4 is 11.0 Å². The number of H-pyrrole nitrogens is 1. The third kappa shape index (κ3) is 3.78. The van der Waals surface area contributed by atoms with Crippen molar-refractivity contribution in [2.75, 3.05) is 0 Å². The molecule has 0 fully saturated rings. The number of hydrogen-bond donors (Lipinski definition) is 2. The van der Waals surface area contributed by atoms with Crippen molar-refractivity contribution >= 4 is 16.9 Å². The highest BCUT2D eigenvalue weighted by atomic mass is 16.2.